The molecular formula is C13H11ClF2N4O. The second kappa shape index (κ2) is 6.45. The molecule has 0 radical (unpaired) electrons. The Bertz CT molecular complexity index is 641. The highest BCUT2D eigenvalue weighted by molar-refractivity contribution is 6.33. The predicted octanol–water partition coefficient (Wildman–Crippen LogP) is 3.09. The van der Waals surface area contributed by atoms with Gasteiger partial charge in [-0.25, -0.2) is 18.7 Å². The average Bonchev–Trinajstić information content (AvgIpc) is 2.43. The van der Waals surface area contributed by atoms with Crippen LogP contribution in [0.2, 0.25) is 5.02 Å². The second-order valence-electron chi connectivity index (χ2n) is 4.02. The number of anilines is 2. The molecule has 0 bridgehead atoms. The largest absolute Gasteiger partial charge is 0.369 e. The fraction of sp³-hybridized carbons (Fsp3) is 0.154. The minimum atomic E-state index is -0.967. The standard InChI is InChI=1S/C13H11ClF2N4O/c1-2-17-11-6-18-10(5-19-11)13(21)20-12-8(14)3-7(15)4-9(12)16/h3-6H,2H2,1H3,(H,17,19)(H,20,21). The van der Waals surface area contributed by atoms with Gasteiger partial charge in [-0.05, 0) is 13.0 Å². The third kappa shape index (κ3) is 3.63. The Morgan fingerprint density at radius 3 is 2.62 bits per heavy atom. The van der Waals surface area contributed by atoms with Gasteiger partial charge in [0.2, 0.25) is 0 Å². The molecule has 0 saturated carbocycles. The third-order valence-electron chi connectivity index (χ3n) is 2.49. The average molecular weight is 313 g/mol. The Balaban J connectivity index is 2.18. The number of aromatic nitrogens is 2. The first-order chi connectivity index (χ1) is 10.0. The van der Waals surface area contributed by atoms with Crippen LogP contribution in [0, 0.1) is 11.6 Å². The molecule has 8 heteroatoms. The summed E-state index contributed by atoms with van der Waals surface area (Å²) in [5.74, 6) is -1.98. The molecule has 21 heavy (non-hydrogen) atoms. The van der Waals surface area contributed by atoms with Crippen LogP contribution in [0.1, 0.15) is 17.4 Å². The molecule has 110 valence electrons. The highest BCUT2D eigenvalue weighted by atomic mass is 35.5. The molecular weight excluding hydrogens is 302 g/mol. The number of hydrogen-bond donors (Lipinski definition) is 2. The molecule has 0 atom stereocenters. The minimum absolute atomic E-state index is 0.0172. The molecule has 1 aromatic carbocycles. The molecule has 0 aliphatic rings. The first kappa shape index (κ1) is 15.1. The lowest BCUT2D eigenvalue weighted by atomic mass is 10.3. The third-order valence-corrected chi connectivity index (χ3v) is 2.79. The number of nitrogens with one attached hydrogen (secondary N) is 2. The van der Waals surface area contributed by atoms with Crippen LogP contribution in [0.5, 0.6) is 0 Å². The lowest BCUT2D eigenvalue weighted by Gasteiger charge is -2.08. The fourth-order valence-corrected chi connectivity index (χ4v) is 1.80. The molecule has 0 spiro atoms. The summed E-state index contributed by atoms with van der Waals surface area (Å²) in [7, 11) is 0. The van der Waals surface area contributed by atoms with Crippen LogP contribution in [-0.4, -0.2) is 22.4 Å². The molecule has 2 rings (SSSR count). The van der Waals surface area contributed by atoms with E-state index in [2.05, 4.69) is 20.6 Å². The van der Waals surface area contributed by atoms with Gasteiger partial charge in [0, 0.05) is 12.6 Å². The molecule has 0 aliphatic carbocycles. The van der Waals surface area contributed by atoms with Crippen LogP contribution >= 0.6 is 11.6 Å². The summed E-state index contributed by atoms with van der Waals surface area (Å²) in [6, 6.07) is 1.53. The highest BCUT2D eigenvalue weighted by Crippen LogP contribution is 2.26. The zero-order valence-corrected chi connectivity index (χ0v) is 11.7. The number of carbonyl (C=O) groups excluding carboxylic acids is 1. The molecule has 0 fully saturated rings. The van der Waals surface area contributed by atoms with Gasteiger partial charge in [-0.3, -0.25) is 4.79 Å². The zero-order chi connectivity index (χ0) is 15.4. The Hall–Kier alpha value is -2.28. The Morgan fingerprint density at radius 1 is 1.29 bits per heavy atom. The van der Waals surface area contributed by atoms with Crippen molar-refractivity contribution in [2.75, 3.05) is 17.2 Å². The Kier molecular flexibility index (Phi) is 4.64. The van der Waals surface area contributed by atoms with Crippen molar-refractivity contribution in [1.82, 2.24) is 9.97 Å². The zero-order valence-electron chi connectivity index (χ0n) is 11.0. The summed E-state index contributed by atoms with van der Waals surface area (Å²) in [5, 5.41) is 4.92. The van der Waals surface area contributed by atoms with Crippen molar-refractivity contribution in [3.8, 4) is 0 Å². The van der Waals surface area contributed by atoms with Gasteiger partial charge >= 0.3 is 0 Å². The Labute approximate surface area is 124 Å². The van der Waals surface area contributed by atoms with E-state index in [0.29, 0.717) is 18.4 Å². The molecule has 0 aliphatic heterocycles. The van der Waals surface area contributed by atoms with E-state index < -0.39 is 17.5 Å². The van der Waals surface area contributed by atoms with Gasteiger partial charge in [0.05, 0.1) is 23.1 Å². The first-order valence-corrected chi connectivity index (χ1v) is 6.41. The van der Waals surface area contributed by atoms with Crippen LogP contribution in [0.4, 0.5) is 20.3 Å². The quantitative estimate of drug-likeness (QED) is 0.910. The van der Waals surface area contributed by atoms with Crippen LogP contribution in [-0.2, 0) is 0 Å². The number of amides is 1. The lowest BCUT2D eigenvalue weighted by molar-refractivity contribution is 0.102. The number of nitrogens with zero attached hydrogens (tertiary/aromatic N) is 2. The fourth-order valence-electron chi connectivity index (χ4n) is 1.56. The van der Waals surface area contributed by atoms with Crippen molar-refractivity contribution in [1.29, 1.82) is 0 Å². The number of rotatable bonds is 4. The molecule has 2 aromatic rings. The van der Waals surface area contributed by atoms with Crippen LogP contribution in [0.15, 0.2) is 24.5 Å². The highest BCUT2D eigenvalue weighted by Gasteiger charge is 2.15. The number of halogens is 3. The predicted molar refractivity (Wildman–Crippen MR) is 75.5 cm³/mol. The molecule has 5 nitrogen and oxygen atoms in total. The van der Waals surface area contributed by atoms with Gasteiger partial charge in [0.25, 0.3) is 5.91 Å². The van der Waals surface area contributed by atoms with E-state index >= 15 is 0 Å². The number of benzene rings is 1. The molecule has 1 heterocycles. The summed E-state index contributed by atoms with van der Waals surface area (Å²) >= 11 is 5.69. The molecule has 1 amide bonds. The summed E-state index contributed by atoms with van der Waals surface area (Å²) in [5.41, 5.74) is -0.322. The van der Waals surface area contributed by atoms with Gasteiger partial charge in [-0.1, -0.05) is 11.6 Å². The maximum Gasteiger partial charge on any atom is 0.275 e. The number of carbonyl (C=O) groups is 1. The summed E-state index contributed by atoms with van der Waals surface area (Å²) in [4.78, 5) is 19.8. The first-order valence-electron chi connectivity index (χ1n) is 6.03. The van der Waals surface area contributed by atoms with Crippen LogP contribution in [0.3, 0.4) is 0 Å². The van der Waals surface area contributed by atoms with Crippen molar-refractivity contribution < 1.29 is 13.6 Å². The summed E-state index contributed by atoms with van der Waals surface area (Å²) in [6.07, 6.45) is 2.61. The summed E-state index contributed by atoms with van der Waals surface area (Å²) < 4.78 is 26.5. The Morgan fingerprint density at radius 2 is 2.05 bits per heavy atom. The van der Waals surface area contributed by atoms with Crippen molar-refractivity contribution in [2.24, 2.45) is 0 Å². The van der Waals surface area contributed by atoms with Crippen molar-refractivity contribution in [3.05, 3.63) is 46.9 Å². The van der Waals surface area contributed by atoms with Gasteiger partial charge in [-0.2, -0.15) is 0 Å². The van der Waals surface area contributed by atoms with E-state index in [4.69, 9.17) is 11.6 Å². The monoisotopic (exact) mass is 312 g/mol. The lowest BCUT2D eigenvalue weighted by Crippen LogP contribution is -2.16. The van der Waals surface area contributed by atoms with E-state index in [-0.39, 0.29) is 16.4 Å². The second-order valence-corrected chi connectivity index (χ2v) is 4.42. The maximum atomic E-state index is 13.6. The molecule has 1 aromatic heterocycles. The van der Waals surface area contributed by atoms with E-state index in [1.54, 1.807) is 0 Å². The smallest absolute Gasteiger partial charge is 0.275 e. The molecule has 0 saturated heterocycles. The van der Waals surface area contributed by atoms with E-state index in [9.17, 15) is 13.6 Å². The van der Waals surface area contributed by atoms with Gasteiger partial charge in [0.1, 0.15) is 17.3 Å². The molecule has 0 unspecified atom stereocenters. The van der Waals surface area contributed by atoms with E-state index in [1.165, 1.54) is 12.4 Å². The minimum Gasteiger partial charge on any atom is -0.369 e. The number of hydrogen-bond acceptors (Lipinski definition) is 4. The van der Waals surface area contributed by atoms with Crippen LogP contribution in [0.25, 0.3) is 0 Å². The van der Waals surface area contributed by atoms with Crippen molar-refractivity contribution in [3.63, 3.8) is 0 Å². The van der Waals surface area contributed by atoms with Crippen molar-refractivity contribution in [2.45, 2.75) is 6.92 Å². The van der Waals surface area contributed by atoms with Gasteiger partial charge in [0.15, 0.2) is 5.82 Å². The van der Waals surface area contributed by atoms with Crippen LogP contribution < -0.4 is 10.6 Å². The summed E-state index contributed by atoms with van der Waals surface area (Å²) in [6.45, 7) is 2.55. The molecule has 2 N–H and O–H groups in total. The van der Waals surface area contributed by atoms with Gasteiger partial charge in [-0.15, -0.1) is 0 Å². The van der Waals surface area contributed by atoms with E-state index in [0.717, 1.165) is 6.07 Å². The van der Waals surface area contributed by atoms with Gasteiger partial charge < -0.3 is 10.6 Å². The topological polar surface area (TPSA) is 66.9 Å². The normalized spacial score (nSPS) is 10.3. The maximum absolute atomic E-state index is 13.6. The SMILES string of the molecule is CCNc1cnc(C(=O)Nc2c(F)cc(F)cc2Cl)cn1. The van der Waals surface area contributed by atoms with Crippen molar-refractivity contribution >= 4 is 29.0 Å². The van der Waals surface area contributed by atoms with E-state index in [1.807, 2.05) is 6.92 Å².